The van der Waals surface area contributed by atoms with Crippen molar-refractivity contribution in [3.05, 3.63) is 0 Å². The summed E-state index contributed by atoms with van der Waals surface area (Å²) in [5, 5.41) is 0. The van der Waals surface area contributed by atoms with Crippen molar-refractivity contribution in [2.75, 3.05) is 0 Å². The van der Waals surface area contributed by atoms with Gasteiger partial charge in [-0.05, 0) is 0 Å². The molecule has 0 spiro atoms. The van der Waals surface area contributed by atoms with E-state index in [1.807, 2.05) is 0 Å². The fourth-order valence-electron chi connectivity index (χ4n) is 0. The SMILES string of the molecule is O.[Co].[Mn].[Ni].[O]=[Co]. The summed E-state index contributed by atoms with van der Waals surface area (Å²) in [5.41, 5.74) is 0. The molecule has 2 N–H and O–H groups in total. The van der Waals surface area contributed by atoms with Gasteiger partial charge in [-0.1, -0.05) is 0 Å². The fraction of sp³-hybridized carbons (Fsp3) is 0. The van der Waals surface area contributed by atoms with Gasteiger partial charge in [-0.2, -0.15) is 0 Å². The van der Waals surface area contributed by atoms with Crippen molar-refractivity contribution in [1.29, 1.82) is 0 Å². The summed E-state index contributed by atoms with van der Waals surface area (Å²) in [4.78, 5) is 0. The molecule has 6 heavy (non-hydrogen) atoms. The molecule has 0 heterocycles. The van der Waals surface area contributed by atoms with Gasteiger partial charge in [-0.15, -0.1) is 0 Å². The van der Waals surface area contributed by atoms with Gasteiger partial charge in [0.25, 0.3) is 0 Å². The third kappa shape index (κ3) is 41.5. The zero-order valence-corrected chi connectivity index (χ0v) is 6.52. The first kappa shape index (κ1) is 46.2. The Morgan fingerprint density at radius 2 is 1.17 bits per heavy atom. The van der Waals surface area contributed by atoms with Gasteiger partial charge >= 0.3 is 19.5 Å². The first-order chi connectivity index (χ1) is 1.00. The molecule has 0 saturated carbocycles. The fourth-order valence-corrected chi connectivity index (χ4v) is 0. The summed E-state index contributed by atoms with van der Waals surface area (Å²) in [6.07, 6.45) is 0. The Morgan fingerprint density at radius 1 is 1.17 bits per heavy atom. The molecule has 49 valence electrons. The van der Waals surface area contributed by atoms with Crippen LogP contribution in [0, 0.1) is 0 Å². The van der Waals surface area contributed by atoms with Gasteiger partial charge in [0.15, 0.2) is 0 Å². The zero-order chi connectivity index (χ0) is 2.00. The van der Waals surface area contributed by atoms with Crippen molar-refractivity contribution < 1.29 is 75.3 Å². The van der Waals surface area contributed by atoms with Gasteiger partial charge in [-0.3, -0.25) is 0 Å². The predicted molar refractivity (Wildman–Crippen MR) is 4.30 cm³/mol. The number of hydrogen-bond donors (Lipinski definition) is 0. The Kier molecular flexibility index (Phi) is 548. The van der Waals surface area contributed by atoms with Crippen LogP contribution >= 0.6 is 0 Å². The van der Waals surface area contributed by atoms with Crippen LogP contribution in [0.1, 0.15) is 0 Å². The van der Waals surface area contributed by atoms with Crippen molar-refractivity contribution in [1.82, 2.24) is 0 Å². The van der Waals surface area contributed by atoms with Crippen LogP contribution in [-0.4, -0.2) is 5.48 Å². The molecule has 0 aromatic carbocycles. The molecule has 0 amide bonds. The molecule has 0 saturated heterocycles. The summed E-state index contributed by atoms with van der Waals surface area (Å²) in [6.45, 7) is 0. The normalized spacial score (nSPS) is 0.833. The third-order valence-electron chi connectivity index (χ3n) is 0. The van der Waals surface area contributed by atoms with Crippen LogP contribution in [0.5, 0.6) is 0 Å². The molecule has 0 atom stereocenters. The van der Waals surface area contributed by atoms with Crippen molar-refractivity contribution in [3.8, 4) is 0 Å². The van der Waals surface area contributed by atoms with Gasteiger partial charge < -0.3 is 5.48 Å². The van der Waals surface area contributed by atoms with E-state index in [2.05, 4.69) is 15.7 Å². The molecule has 6 heteroatoms. The first-order valence-electron chi connectivity index (χ1n) is 0.136. The quantitative estimate of drug-likeness (QED) is 0.521. The van der Waals surface area contributed by atoms with Gasteiger partial charge in [0.1, 0.15) is 0 Å². The van der Waals surface area contributed by atoms with E-state index in [1.54, 1.807) is 0 Å². The average molecular weight is 266 g/mol. The summed E-state index contributed by atoms with van der Waals surface area (Å²) < 4.78 is 7.94. The third-order valence-corrected chi connectivity index (χ3v) is 0. The second-order valence-corrected chi connectivity index (χ2v) is 0. The topological polar surface area (TPSA) is 48.6 Å². The van der Waals surface area contributed by atoms with Crippen LogP contribution in [-0.2, 0) is 69.9 Å². The van der Waals surface area contributed by atoms with Crippen molar-refractivity contribution >= 4 is 0 Å². The Morgan fingerprint density at radius 3 is 1.17 bits per heavy atom. The van der Waals surface area contributed by atoms with Crippen molar-refractivity contribution in [2.45, 2.75) is 0 Å². The maximum atomic E-state index is 7.94. The molecule has 0 aromatic heterocycles. The molecule has 0 bridgehead atoms. The predicted octanol–water partition coefficient (Wildman–Crippen LogP) is -0.954. The molecule has 0 rings (SSSR count). The van der Waals surface area contributed by atoms with Gasteiger partial charge in [0.05, 0.1) is 0 Å². The molecule has 0 aromatic rings. The monoisotopic (exact) mass is 265 g/mol. The Bertz CT molecular complexity index is 11.5. The molecule has 2 nitrogen and oxygen atoms in total. The number of hydrogen-bond acceptors (Lipinski definition) is 1. The molecule has 0 unspecified atom stereocenters. The molecular weight excluding hydrogens is 263 g/mol. The Labute approximate surface area is 74.9 Å². The number of rotatable bonds is 0. The van der Waals surface area contributed by atoms with E-state index in [-0.39, 0.29) is 55.8 Å². The summed E-state index contributed by atoms with van der Waals surface area (Å²) >= 11 is 2.31. The Balaban J connectivity index is -0.000000000833. The molecule has 0 aliphatic carbocycles. The second kappa shape index (κ2) is 71.2. The van der Waals surface area contributed by atoms with Gasteiger partial charge in [0, 0.05) is 50.3 Å². The minimum atomic E-state index is 0. The van der Waals surface area contributed by atoms with Crippen LogP contribution in [0.15, 0.2) is 0 Å². The van der Waals surface area contributed by atoms with Crippen molar-refractivity contribution in [2.24, 2.45) is 0 Å². The van der Waals surface area contributed by atoms with E-state index in [9.17, 15) is 0 Å². The zero-order valence-electron chi connectivity index (χ0n) is 2.27. The van der Waals surface area contributed by atoms with Crippen LogP contribution in [0.25, 0.3) is 0 Å². The summed E-state index contributed by atoms with van der Waals surface area (Å²) in [6, 6.07) is 0. The average Bonchev–Trinajstić information content (AvgIpc) is 1.00. The van der Waals surface area contributed by atoms with Gasteiger partial charge in [0.2, 0.25) is 0 Å². The van der Waals surface area contributed by atoms with E-state index < -0.39 is 0 Å². The van der Waals surface area contributed by atoms with E-state index in [0.29, 0.717) is 0 Å². The second-order valence-electron chi connectivity index (χ2n) is 0. The van der Waals surface area contributed by atoms with E-state index in [1.165, 1.54) is 0 Å². The van der Waals surface area contributed by atoms with Crippen LogP contribution in [0.4, 0.5) is 0 Å². The maximum absolute atomic E-state index is 7.94. The molecule has 2 radical (unpaired) electrons. The van der Waals surface area contributed by atoms with Crippen LogP contribution < -0.4 is 0 Å². The first-order valence-corrected chi connectivity index (χ1v) is 0.561. The van der Waals surface area contributed by atoms with Crippen LogP contribution in [0.2, 0.25) is 0 Å². The molecule has 0 aliphatic rings. The van der Waals surface area contributed by atoms with Crippen molar-refractivity contribution in [3.63, 3.8) is 0 Å². The van der Waals surface area contributed by atoms with E-state index >= 15 is 0 Å². The summed E-state index contributed by atoms with van der Waals surface area (Å²) in [5.74, 6) is 0. The van der Waals surface area contributed by atoms with Crippen LogP contribution in [0.3, 0.4) is 0 Å². The molecule has 0 aliphatic heterocycles. The minimum absolute atomic E-state index is 0. The van der Waals surface area contributed by atoms with E-state index in [4.69, 9.17) is 3.87 Å². The molecular formula is H2Co2MnNiO2. The van der Waals surface area contributed by atoms with E-state index in [0.717, 1.165) is 0 Å². The molecule has 0 fully saturated rings. The summed E-state index contributed by atoms with van der Waals surface area (Å²) in [7, 11) is 0. The standard InChI is InChI=1S/2Co.Mn.Ni.H2O.O/h;;;;1H2;. The Hall–Kier alpha value is 1.79. The van der Waals surface area contributed by atoms with Gasteiger partial charge in [-0.25, -0.2) is 0 Å².